The minimum absolute atomic E-state index is 0.0107. The molecule has 0 radical (unpaired) electrons. The lowest BCUT2D eigenvalue weighted by Crippen LogP contribution is -2.40. The van der Waals surface area contributed by atoms with Crippen molar-refractivity contribution in [3.05, 3.63) is 69.8 Å². The molecule has 1 fully saturated rings. The first-order valence-electron chi connectivity index (χ1n) is 11.3. The Kier molecular flexibility index (Phi) is 7.19. The van der Waals surface area contributed by atoms with Crippen LogP contribution in [0.2, 0.25) is 10.0 Å². The number of amides is 1. The highest BCUT2D eigenvalue weighted by Crippen LogP contribution is 2.39. The number of primary amides is 1. The standard InChI is InChI=1S/C25H26Cl2N4O4S/c1-15-12-25(2,3)31(13-15)24-22(23(28)32)19(10-11-29-24)36(33,34)21-9-5-8-20(30-21)35-14-16-17(26)6-4-7-18(16)27/h4-11,15H,12-14H2,1-3H3,(H2,28,32). The molecule has 3 heterocycles. The van der Waals surface area contributed by atoms with E-state index in [2.05, 4.69) is 16.9 Å². The van der Waals surface area contributed by atoms with Gasteiger partial charge in [0, 0.05) is 40.0 Å². The van der Waals surface area contributed by atoms with Gasteiger partial charge in [0.25, 0.3) is 5.91 Å². The summed E-state index contributed by atoms with van der Waals surface area (Å²) in [7, 11) is -4.25. The van der Waals surface area contributed by atoms with Gasteiger partial charge in [-0.15, -0.1) is 0 Å². The van der Waals surface area contributed by atoms with Gasteiger partial charge in [-0.2, -0.15) is 0 Å². The maximum atomic E-state index is 13.7. The molecule has 1 aliphatic heterocycles. The summed E-state index contributed by atoms with van der Waals surface area (Å²) in [5, 5.41) is 0.542. The van der Waals surface area contributed by atoms with Crippen LogP contribution in [0.4, 0.5) is 5.82 Å². The number of benzene rings is 1. The zero-order valence-corrected chi connectivity index (χ0v) is 22.4. The van der Waals surface area contributed by atoms with Gasteiger partial charge in [0.2, 0.25) is 15.7 Å². The van der Waals surface area contributed by atoms with Gasteiger partial charge in [-0.25, -0.2) is 18.4 Å². The summed E-state index contributed by atoms with van der Waals surface area (Å²) in [5.74, 6) is -0.243. The maximum absolute atomic E-state index is 13.7. The summed E-state index contributed by atoms with van der Waals surface area (Å²) in [5.41, 5.74) is 5.78. The normalized spacial score (nSPS) is 17.2. The van der Waals surface area contributed by atoms with Crippen LogP contribution in [-0.4, -0.2) is 36.4 Å². The minimum Gasteiger partial charge on any atom is -0.473 e. The predicted octanol–water partition coefficient (Wildman–Crippen LogP) is 4.92. The monoisotopic (exact) mass is 548 g/mol. The molecule has 36 heavy (non-hydrogen) atoms. The van der Waals surface area contributed by atoms with Crippen LogP contribution in [0.5, 0.6) is 5.88 Å². The van der Waals surface area contributed by atoms with E-state index in [-0.39, 0.29) is 39.3 Å². The Balaban J connectivity index is 1.72. The molecule has 0 spiro atoms. The second kappa shape index (κ2) is 9.88. The van der Waals surface area contributed by atoms with Gasteiger partial charge < -0.3 is 15.4 Å². The number of aromatic nitrogens is 2. The number of hydrogen-bond donors (Lipinski definition) is 1. The summed E-state index contributed by atoms with van der Waals surface area (Å²) < 4.78 is 33.0. The Morgan fingerprint density at radius 3 is 2.44 bits per heavy atom. The Bertz CT molecular complexity index is 1410. The van der Waals surface area contributed by atoms with Crippen LogP contribution in [-0.2, 0) is 16.4 Å². The van der Waals surface area contributed by atoms with Gasteiger partial charge >= 0.3 is 0 Å². The zero-order valence-electron chi connectivity index (χ0n) is 20.0. The maximum Gasteiger partial charge on any atom is 0.253 e. The second-order valence-corrected chi connectivity index (χ2v) is 12.1. The van der Waals surface area contributed by atoms with Gasteiger partial charge in [-0.3, -0.25) is 4.79 Å². The predicted molar refractivity (Wildman–Crippen MR) is 138 cm³/mol. The van der Waals surface area contributed by atoms with E-state index in [1.165, 1.54) is 30.5 Å². The highest BCUT2D eigenvalue weighted by molar-refractivity contribution is 7.91. The molecule has 3 aromatic rings. The molecule has 0 aliphatic carbocycles. The summed E-state index contributed by atoms with van der Waals surface area (Å²) >= 11 is 12.4. The van der Waals surface area contributed by atoms with Crippen molar-refractivity contribution >= 4 is 44.8 Å². The molecule has 0 saturated carbocycles. The highest BCUT2D eigenvalue weighted by Gasteiger charge is 2.40. The summed E-state index contributed by atoms with van der Waals surface area (Å²) in [6.45, 7) is 6.76. The first-order valence-corrected chi connectivity index (χ1v) is 13.5. The van der Waals surface area contributed by atoms with Crippen molar-refractivity contribution in [2.24, 2.45) is 11.7 Å². The number of nitrogens with zero attached hydrogens (tertiary/aromatic N) is 3. The molecule has 4 rings (SSSR count). The number of anilines is 1. The Morgan fingerprint density at radius 1 is 1.17 bits per heavy atom. The fraction of sp³-hybridized carbons (Fsp3) is 0.320. The molecule has 1 amide bonds. The van der Waals surface area contributed by atoms with Crippen molar-refractivity contribution in [2.45, 2.75) is 49.3 Å². The summed E-state index contributed by atoms with van der Waals surface area (Å²) in [4.78, 5) is 22.8. The van der Waals surface area contributed by atoms with Gasteiger partial charge in [0.15, 0.2) is 5.03 Å². The average molecular weight is 549 g/mol. The third-order valence-electron chi connectivity index (χ3n) is 6.16. The average Bonchev–Trinajstić information content (AvgIpc) is 3.10. The van der Waals surface area contributed by atoms with Gasteiger partial charge in [-0.1, -0.05) is 42.3 Å². The number of carbonyl (C=O) groups is 1. The molecule has 190 valence electrons. The Labute approximate surface area is 220 Å². The molecule has 0 bridgehead atoms. The van der Waals surface area contributed by atoms with Gasteiger partial charge in [0.05, 0.1) is 4.90 Å². The SMILES string of the molecule is CC1CN(c2nccc(S(=O)(=O)c3cccc(OCc4c(Cl)cccc4Cl)n3)c2C(N)=O)C(C)(C)C1. The fourth-order valence-electron chi connectivity index (χ4n) is 4.61. The van der Waals surface area contributed by atoms with E-state index < -0.39 is 15.7 Å². The quantitative estimate of drug-likeness (QED) is 0.445. The number of hydrogen-bond acceptors (Lipinski definition) is 7. The molecule has 1 aliphatic rings. The number of ether oxygens (including phenoxy) is 1. The van der Waals surface area contributed by atoms with Crippen LogP contribution in [0, 0.1) is 5.92 Å². The van der Waals surface area contributed by atoms with Gasteiger partial charge in [-0.05, 0) is 50.5 Å². The number of carbonyl (C=O) groups excluding carboxylic acids is 1. The first kappa shape index (κ1) is 26.2. The number of rotatable bonds is 7. The molecule has 1 saturated heterocycles. The van der Waals surface area contributed by atoms with Crippen LogP contribution in [0.25, 0.3) is 0 Å². The zero-order chi connectivity index (χ0) is 26.3. The van der Waals surface area contributed by atoms with Crippen LogP contribution < -0.4 is 15.4 Å². The van der Waals surface area contributed by atoms with Crippen LogP contribution in [0.15, 0.2) is 58.6 Å². The number of sulfone groups is 1. The number of nitrogens with two attached hydrogens (primary N) is 1. The second-order valence-electron chi connectivity index (χ2n) is 9.41. The Morgan fingerprint density at radius 2 is 1.83 bits per heavy atom. The lowest BCUT2D eigenvalue weighted by Gasteiger charge is -2.33. The molecule has 8 nitrogen and oxygen atoms in total. The lowest BCUT2D eigenvalue weighted by atomic mass is 9.97. The summed E-state index contributed by atoms with van der Waals surface area (Å²) in [6, 6.07) is 10.7. The molecule has 2 N–H and O–H groups in total. The smallest absolute Gasteiger partial charge is 0.253 e. The van der Waals surface area contributed by atoms with E-state index in [1.54, 1.807) is 18.2 Å². The molecular weight excluding hydrogens is 523 g/mol. The van der Waals surface area contributed by atoms with E-state index in [0.29, 0.717) is 28.1 Å². The molecule has 2 aromatic heterocycles. The van der Waals surface area contributed by atoms with Crippen LogP contribution in [0.3, 0.4) is 0 Å². The topological polar surface area (TPSA) is 115 Å². The third kappa shape index (κ3) is 5.00. The fourth-order valence-corrected chi connectivity index (χ4v) is 6.51. The van der Waals surface area contributed by atoms with E-state index in [0.717, 1.165) is 6.42 Å². The van der Waals surface area contributed by atoms with Crippen LogP contribution >= 0.6 is 23.2 Å². The van der Waals surface area contributed by atoms with E-state index >= 15 is 0 Å². The number of halogens is 2. The summed E-state index contributed by atoms with van der Waals surface area (Å²) in [6.07, 6.45) is 2.23. The molecular formula is C25H26Cl2N4O4S. The van der Waals surface area contributed by atoms with Crippen LogP contribution in [0.1, 0.15) is 43.1 Å². The molecule has 1 atom stereocenters. The molecule has 1 aromatic carbocycles. The minimum atomic E-state index is -4.25. The van der Waals surface area contributed by atoms with E-state index in [9.17, 15) is 13.2 Å². The van der Waals surface area contributed by atoms with Gasteiger partial charge in [0.1, 0.15) is 18.0 Å². The van der Waals surface area contributed by atoms with E-state index in [4.69, 9.17) is 33.7 Å². The molecule has 11 heteroatoms. The van der Waals surface area contributed by atoms with Crippen molar-refractivity contribution in [3.8, 4) is 5.88 Å². The highest BCUT2D eigenvalue weighted by atomic mass is 35.5. The first-order chi connectivity index (χ1) is 16.9. The van der Waals surface area contributed by atoms with Crippen molar-refractivity contribution in [3.63, 3.8) is 0 Å². The van der Waals surface area contributed by atoms with Crippen molar-refractivity contribution in [1.29, 1.82) is 0 Å². The van der Waals surface area contributed by atoms with E-state index in [1.807, 2.05) is 18.7 Å². The van der Waals surface area contributed by atoms with Crippen molar-refractivity contribution in [1.82, 2.24) is 9.97 Å². The molecule has 1 unspecified atom stereocenters. The van der Waals surface area contributed by atoms with Crippen molar-refractivity contribution in [2.75, 3.05) is 11.4 Å². The van der Waals surface area contributed by atoms with Crippen molar-refractivity contribution < 1.29 is 17.9 Å². The lowest BCUT2D eigenvalue weighted by molar-refractivity contribution is 0.0997. The Hall–Kier alpha value is -2.88. The largest absolute Gasteiger partial charge is 0.473 e. The number of pyridine rings is 2. The third-order valence-corrected chi connectivity index (χ3v) is 8.56.